The maximum Gasteiger partial charge on any atom is 0.273 e. The van der Waals surface area contributed by atoms with Gasteiger partial charge < -0.3 is 0 Å². The lowest BCUT2D eigenvalue weighted by Crippen LogP contribution is -2.33. The number of pyridine rings is 1. The zero-order valence-electron chi connectivity index (χ0n) is 19.6. The van der Waals surface area contributed by atoms with Crippen LogP contribution in [0.25, 0.3) is 11.1 Å². The molecular weight excluding hydrogens is 472 g/mol. The van der Waals surface area contributed by atoms with Crippen LogP contribution >= 0.6 is 11.6 Å². The Bertz CT molecular complexity index is 1340. The number of hydrogen-bond donors (Lipinski definition) is 0. The minimum absolute atomic E-state index is 0.143. The van der Waals surface area contributed by atoms with Crippen LogP contribution in [0.3, 0.4) is 0 Å². The van der Waals surface area contributed by atoms with Crippen molar-refractivity contribution in [3.05, 3.63) is 82.6 Å². The molecule has 0 aliphatic carbocycles. The van der Waals surface area contributed by atoms with Gasteiger partial charge in [-0.1, -0.05) is 36.7 Å². The van der Waals surface area contributed by atoms with Crippen LogP contribution in [0.4, 0.5) is 14.5 Å². The summed E-state index contributed by atoms with van der Waals surface area (Å²) >= 11 is 6.43. The molecule has 1 aliphatic rings. The molecule has 0 N–H and O–H groups in total. The molecule has 0 saturated heterocycles. The molecule has 0 saturated carbocycles. The van der Waals surface area contributed by atoms with Gasteiger partial charge in [0.2, 0.25) is 0 Å². The van der Waals surface area contributed by atoms with Crippen LogP contribution < -0.4 is 5.01 Å². The topological polar surface area (TPSA) is 62.6 Å². The first-order chi connectivity index (χ1) is 16.6. The molecule has 1 amide bonds. The Labute approximate surface area is 207 Å². The molecule has 0 fully saturated rings. The van der Waals surface area contributed by atoms with Crippen LogP contribution in [0.2, 0.25) is 5.02 Å². The molecule has 0 spiro atoms. The first-order valence-corrected chi connectivity index (χ1v) is 11.6. The number of rotatable bonds is 7. The van der Waals surface area contributed by atoms with Crippen molar-refractivity contribution in [2.24, 2.45) is 11.0 Å². The van der Waals surface area contributed by atoms with E-state index in [1.54, 1.807) is 43.6 Å². The number of anilines is 1. The molecular formula is C27H24ClF2N3O2. The van der Waals surface area contributed by atoms with E-state index in [0.29, 0.717) is 27.5 Å². The number of halogens is 3. The van der Waals surface area contributed by atoms with Crippen LogP contribution in [-0.4, -0.2) is 22.4 Å². The van der Waals surface area contributed by atoms with E-state index in [0.717, 1.165) is 11.1 Å². The number of hydrogen-bond acceptors (Lipinski definition) is 4. The quantitative estimate of drug-likeness (QED) is 0.358. The predicted molar refractivity (Wildman–Crippen MR) is 133 cm³/mol. The molecule has 180 valence electrons. The number of alkyl halides is 2. The fraction of sp³-hybridized carbons (Fsp3) is 0.259. The number of hydrazone groups is 1. The van der Waals surface area contributed by atoms with Crippen molar-refractivity contribution in [2.75, 3.05) is 5.01 Å². The molecule has 5 nitrogen and oxygen atoms in total. The average molecular weight is 496 g/mol. The van der Waals surface area contributed by atoms with E-state index in [1.165, 1.54) is 30.1 Å². The van der Waals surface area contributed by atoms with Crippen molar-refractivity contribution >= 4 is 34.7 Å². The minimum atomic E-state index is -2.98. The number of nitrogens with zero attached hydrogens (tertiary/aromatic N) is 3. The van der Waals surface area contributed by atoms with Gasteiger partial charge in [-0.15, -0.1) is 0 Å². The van der Waals surface area contributed by atoms with Crippen LogP contribution in [0, 0.1) is 12.8 Å². The Hall–Kier alpha value is -3.45. The molecule has 0 radical (unpaired) electrons. The van der Waals surface area contributed by atoms with Crippen molar-refractivity contribution in [2.45, 2.75) is 39.5 Å². The number of aryl methyl sites for hydroxylation is 1. The summed E-state index contributed by atoms with van der Waals surface area (Å²) < 4.78 is 28.2. The molecule has 35 heavy (non-hydrogen) atoms. The smallest absolute Gasteiger partial charge is 0.273 e. The van der Waals surface area contributed by atoms with Gasteiger partial charge in [0.25, 0.3) is 11.8 Å². The van der Waals surface area contributed by atoms with Crippen molar-refractivity contribution < 1.29 is 18.4 Å². The van der Waals surface area contributed by atoms with E-state index in [2.05, 4.69) is 10.1 Å². The molecule has 2 heterocycles. The van der Waals surface area contributed by atoms with Crippen molar-refractivity contribution in [3.8, 4) is 11.1 Å². The molecule has 2 aromatic carbocycles. The molecule has 0 bridgehead atoms. The van der Waals surface area contributed by atoms with E-state index < -0.39 is 23.5 Å². The van der Waals surface area contributed by atoms with Gasteiger partial charge in [-0.05, 0) is 60.9 Å². The first-order valence-electron chi connectivity index (χ1n) is 11.2. The second-order valence-corrected chi connectivity index (χ2v) is 8.99. The molecule has 1 aliphatic heterocycles. The summed E-state index contributed by atoms with van der Waals surface area (Å²) in [5.74, 6) is -4.93. The van der Waals surface area contributed by atoms with E-state index in [-0.39, 0.29) is 18.4 Å². The van der Waals surface area contributed by atoms with Gasteiger partial charge in [0, 0.05) is 41.4 Å². The minimum Gasteiger partial charge on any atom is -0.298 e. The average Bonchev–Trinajstić information content (AvgIpc) is 3.14. The van der Waals surface area contributed by atoms with Gasteiger partial charge in [0.05, 0.1) is 11.4 Å². The lowest BCUT2D eigenvalue weighted by Gasteiger charge is -2.17. The van der Waals surface area contributed by atoms with E-state index in [9.17, 15) is 18.4 Å². The third kappa shape index (κ3) is 4.86. The number of Topliss-reactive ketones (excluding diaryl/α,β-unsaturated/α-hetero) is 1. The highest BCUT2D eigenvalue weighted by molar-refractivity contribution is 6.33. The molecule has 4 rings (SSSR count). The van der Waals surface area contributed by atoms with Gasteiger partial charge >= 0.3 is 0 Å². The lowest BCUT2D eigenvalue weighted by atomic mass is 9.92. The zero-order chi connectivity index (χ0) is 25.3. The summed E-state index contributed by atoms with van der Waals surface area (Å²) in [6, 6.07) is 12.7. The molecule has 1 unspecified atom stereocenters. The monoisotopic (exact) mass is 495 g/mol. The third-order valence-corrected chi connectivity index (χ3v) is 6.46. The number of amides is 1. The highest BCUT2D eigenvalue weighted by Crippen LogP contribution is 2.36. The number of benzene rings is 2. The van der Waals surface area contributed by atoms with Crippen LogP contribution in [0.15, 0.2) is 66.0 Å². The van der Waals surface area contributed by atoms with E-state index in [1.807, 2.05) is 13.0 Å². The maximum absolute atomic E-state index is 14.1. The van der Waals surface area contributed by atoms with Crippen molar-refractivity contribution in [3.63, 3.8) is 0 Å². The van der Waals surface area contributed by atoms with Crippen LogP contribution in [-0.2, 0) is 21.9 Å². The fourth-order valence-electron chi connectivity index (χ4n) is 4.16. The summed E-state index contributed by atoms with van der Waals surface area (Å²) in [6.07, 6.45) is 2.90. The summed E-state index contributed by atoms with van der Waals surface area (Å²) in [5.41, 5.74) is 3.62. The van der Waals surface area contributed by atoms with Gasteiger partial charge in [-0.2, -0.15) is 10.1 Å². The van der Waals surface area contributed by atoms with Crippen LogP contribution in [0.5, 0.6) is 0 Å². The number of carbonyl (C=O) groups excluding carboxylic acids is 2. The number of aromatic nitrogens is 1. The number of ketones is 1. The predicted octanol–water partition coefficient (Wildman–Crippen LogP) is 6.36. The molecule has 1 atom stereocenters. The first kappa shape index (κ1) is 24.7. The Balaban J connectivity index is 1.58. The van der Waals surface area contributed by atoms with E-state index in [4.69, 9.17) is 11.6 Å². The van der Waals surface area contributed by atoms with Crippen molar-refractivity contribution in [1.29, 1.82) is 0 Å². The summed E-state index contributed by atoms with van der Waals surface area (Å²) in [4.78, 5) is 30.4. The standard InChI is InChI=1S/C27H24ClF2N3O2/c1-4-27(29,30)19-7-5-6-18(12-19)13-24(34)25-17(3)32-33(26(25)35)20-8-9-23(28)22(14-20)21-10-11-31-15-16(21)2/h5-12,14-15,25H,4,13H2,1-3H3. The van der Waals surface area contributed by atoms with Gasteiger partial charge in [-0.3, -0.25) is 14.6 Å². The molecule has 3 aromatic rings. The normalized spacial score (nSPS) is 15.9. The van der Waals surface area contributed by atoms with Crippen molar-refractivity contribution in [1.82, 2.24) is 4.98 Å². The summed E-state index contributed by atoms with van der Waals surface area (Å²) in [7, 11) is 0. The lowest BCUT2D eigenvalue weighted by molar-refractivity contribution is -0.128. The Kier molecular flexibility index (Phi) is 6.81. The Morgan fingerprint density at radius 1 is 1.11 bits per heavy atom. The van der Waals surface area contributed by atoms with Gasteiger partial charge in [0.1, 0.15) is 5.92 Å². The molecule has 1 aromatic heterocycles. The Morgan fingerprint density at radius 2 is 1.89 bits per heavy atom. The van der Waals surface area contributed by atoms with Gasteiger partial charge in [0.15, 0.2) is 5.78 Å². The summed E-state index contributed by atoms with van der Waals surface area (Å²) in [6.45, 7) is 4.93. The second-order valence-electron chi connectivity index (χ2n) is 8.58. The van der Waals surface area contributed by atoms with Gasteiger partial charge in [-0.25, -0.2) is 8.78 Å². The number of carbonyl (C=O) groups is 2. The maximum atomic E-state index is 14.1. The highest BCUT2D eigenvalue weighted by Gasteiger charge is 2.39. The highest BCUT2D eigenvalue weighted by atomic mass is 35.5. The van der Waals surface area contributed by atoms with E-state index >= 15 is 0 Å². The Morgan fingerprint density at radius 3 is 2.60 bits per heavy atom. The van der Waals surface area contributed by atoms with Crippen LogP contribution in [0.1, 0.15) is 37.0 Å². The molecule has 8 heteroatoms. The SMILES string of the molecule is CCC(F)(F)c1cccc(CC(=O)C2C(=O)N(c3ccc(Cl)c(-c4ccncc4C)c3)N=C2C)c1. The third-order valence-electron chi connectivity index (χ3n) is 6.13. The fourth-order valence-corrected chi connectivity index (χ4v) is 4.38. The largest absolute Gasteiger partial charge is 0.298 e. The second kappa shape index (κ2) is 9.66. The summed E-state index contributed by atoms with van der Waals surface area (Å²) in [5, 5.41) is 6.06. The zero-order valence-corrected chi connectivity index (χ0v) is 20.3.